The van der Waals surface area contributed by atoms with E-state index in [0.29, 0.717) is 0 Å². The van der Waals surface area contributed by atoms with Gasteiger partial charge in [0, 0.05) is 0 Å². The molecule has 0 fully saturated rings. The molecule has 0 saturated heterocycles. The van der Waals surface area contributed by atoms with E-state index in [1.54, 1.807) is 11.1 Å². The molecule has 0 heteroatoms. The van der Waals surface area contributed by atoms with Crippen molar-refractivity contribution in [1.82, 2.24) is 0 Å². The molecule has 0 bridgehead atoms. The van der Waals surface area contributed by atoms with Crippen molar-refractivity contribution >= 4 is 5.57 Å². The van der Waals surface area contributed by atoms with E-state index in [1.165, 1.54) is 35.1 Å². The van der Waals surface area contributed by atoms with Crippen LogP contribution in [-0.4, -0.2) is 0 Å². The largest absolute Gasteiger partial charge is 0.0801 e. The maximum absolute atomic E-state index is 2.43. The van der Waals surface area contributed by atoms with Crippen LogP contribution >= 0.6 is 0 Å². The maximum atomic E-state index is 2.43. The molecule has 0 heterocycles. The van der Waals surface area contributed by atoms with Crippen molar-refractivity contribution < 1.29 is 0 Å². The lowest BCUT2D eigenvalue weighted by Gasteiger charge is -2.30. The zero-order valence-electron chi connectivity index (χ0n) is 10.4. The summed E-state index contributed by atoms with van der Waals surface area (Å²) in [5.41, 5.74) is 9.25. The van der Waals surface area contributed by atoms with Crippen molar-refractivity contribution in [3.63, 3.8) is 0 Å². The Balaban J connectivity index is 1.90. The fourth-order valence-corrected chi connectivity index (χ4v) is 3.43. The van der Waals surface area contributed by atoms with E-state index >= 15 is 0 Å². The van der Waals surface area contributed by atoms with Crippen LogP contribution in [0.1, 0.15) is 30.4 Å². The monoisotopic (exact) mass is 232 g/mol. The Hall–Kier alpha value is -1.82. The first kappa shape index (κ1) is 10.1. The summed E-state index contributed by atoms with van der Waals surface area (Å²) in [6, 6.07) is 8.90. The molecule has 0 atom stereocenters. The minimum absolute atomic E-state index is 1.10. The number of benzene rings is 1. The van der Waals surface area contributed by atoms with Crippen molar-refractivity contribution in [2.75, 3.05) is 0 Å². The number of hydrogen-bond acceptors (Lipinski definition) is 0. The number of rotatable bonds is 0. The first-order valence-corrected chi connectivity index (χ1v) is 6.80. The van der Waals surface area contributed by atoms with Crippen molar-refractivity contribution in [2.45, 2.75) is 25.7 Å². The van der Waals surface area contributed by atoms with Crippen LogP contribution in [0.25, 0.3) is 5.57 Å². The van der Waals surface area contributed by atoms with Gasteiger partial charge in [-0.1, -0.05) is 48.6 Å². The van der Waals surface area contributed by atoms with Gasteiger partial charge in [-0.3, -0.25) is 0 Å². The molecule has 0 aromatic heterocycles. The molecule has 3 aliphatic carbocycles. The van der Waals surface area contributed by atoms with Gasteiger partial charge in [0.1, 0.15) is 0 Å². The van der Waals surface area contributed by atoms with Crippen LogP contribution in [0.5, 0.6) is 0 Å². The quantitative estimate of drug-likeness (QED) is 0.613. The summed E-state index contributed by atoms with van der Waals surface area (Å²) in [7, 11) is 0. The lowest BCUT2D eigenvalue weighted by molar-refractivity contribution is 0.899. The lowest BCUT2D eigenvalue weighted by atomic mass is 9.74. The SMILES string of the molecule is C1=CCC2=C3CCc4ccccc4C3=CCC2=C1. The Morgan fingerprint density at radius 1 is 0.889 bits per heavy atom. The average Bonchev–Trinajstić information content (AvgIpc) is 2.46. The summed E-state index contributed by atoms with van der Waals surface area (Å²) < 4.78 is 0. The van der Waals surface area contributed by atoms with Gasteiger partial charge >= 0.3 is 0 Å². The van der Waals surface area contributed by atoms with Crippen LogP contribution in [0.4, 0.5) is 0 Å². The highest BCUT2D eigenvalue weighted by Gasteiger charge is 2.25. The average molecular weight is 232 g/mol. The zero-order chi connectivity index (χ0) is 11.9. The van der Waals surface area contributed by atoms with Crippen molar-refractivity contribution in [3.05, 3.63) is 76.4 Å². The van der Waals surface area contributed by atoms with Gasteiger partial charge in [0.25, 0.3) is 0 Å². The smallest absolute Gasteiger partial charge is 0.00852 e. The van der Waals surface area contributed by atoms with E-state index in [4.69, 9.17) is 0 Å². The second-order valence-corrected chi connectivity index (χ2v) is 5.26. The molecule has 88 valence electrons. The molecule has 0 aliphatic heterocycles. The molecule has 18 heavy (non-hydrogen) atoms. The Kier molecular flexibility index (Phi) is 2.16. The standard InChI is InChI=1S/C18H16/c1-3-7-15-13(5-1)9-11-18-16-8-4-2-6-14(16)10-12-17(15)18/h1-7,12H,8-11H2. The molecular formula is C18H16. The third kappa shape index (κ3) is 1.38. The van der Waals surface area contributed by atoms with Crippen molar-refractivity contribution in [3.8, 4) is 0 Å². The molecule has 3 aliphatic rings. The van der Waals surface area contributed by atoms with Crippen LogP contribution in [0, 0.1) is 0 Å². The van der Waals surface area contributed by atoms with Gasteiger partial charge in [-0.25, -0.2) is 0 Å². The second-order valence-electron chi connectivity index (χ2n) is 5.26. The Morgan fingerprint density at radius 2 is 1.83 bits per heavy atom. The summed E-state index contributed by atoms with van der Waals surface area (Å²) in [6.45, 7) is 0. The van der Waals surface area contributed by atoms with Gasteiger partial charge in [0.15, 0.2) is 0 Å². The summed E-state index contributed by atoms with van der Waals surface area (Å²) >= 11 is 0. The first-order valence-electron chi connectivity index (χ1n) is 6.80. The van der Waals surface area contributed by atoms with E-state index in [1.807, 2.05) is 0 Å². The van der Waals surface area contributed by atoms with Crippen LogP contribution in [0.3, 0.4) is 0 Å². The fourth-order valence-electron chi connectivity index (χ4n) is 3.43. The predicted octanol–water partition coefficient (Wildman–Crippen LogP) is 4.60. The predicted molar refractivity (Wildman–Crippen MR) is 76.2 cm³/mol. The normalized spacial score (nSPS) is 20.7. The molecule has 0 unspecified atom stereocenters. The van der Waals surface area contributed by atoms with Gasteiger partial charge in [0.2, 0.25) is 0 Å². The lowest BCUT2D eigenvalue weighted by Crippen LogP contribution is -2.12. The second kappa shape index (κ2) is 3.84. The number of fused-ring (bicyclic) bond motifs is 4. The van der Waals surface area contributed by atoms with Gasteiger partial charge in [-0.15, -0.1) is 0 Å². The van der Waals surface area contributed by atoms with Gasteiger partial charge < -0.3 is 0 Å². The van der Waals surface area contributed by atoms with Crippen molar-refractivity contribution in [2.24, 2.45) is 0 Å². The van der Waals surface area contributed by atoms with Crippen molar-refractivity contribution in [1.29, 1.82) is 0 Å². The molecule has 0 amide bonds. The first-order chi connectivity index (χ1) is 8.93. The van der Waals surface area contributed by atoms with E-state index in [-0.39, 0.29) is 0 Å². The number of aryl methyl sites for hydroxylation is 1. The summed E-state index contributed by atoms with van der Waals surface area (Å²) in [5.74, 6) is 0. The van der Waals surface area contributed by atoms with E-state index < -0.39 is 0 Å². The zero-order valence-corrected chi connectivity index (χ0v) is 10.4. The topological polar surface area (TPSA) is 0 Å². The van der Waals surface area contributed by atoms with Crippen LogP contribution in [-0.2, 0) is 6.42 Å². The molecule has 1 aromatic carbocycles. The minimum Gasteiger partial charge on any atom is -0.0801 e. The van der Waals surface area contributed by atoms with Crippen LogP contribution in [0.15, 0.2) is 65.3 Å². The highest BCUT2D eigenvalue weighted by atomic mass is 14.3. The highest BCUT2D eigenvalue weighted by Crippen LogP contribution is 2.44. The molecule has 1 aromatic rings. The third-order valence-corrected chi connectivity index (χ3v) is 4.31. The third-order valence-electron chi connectivity index (χ3n) is 4.31. The number of allylic oxidation sites excluding steroid dienone is 8. The van der Waals surface area contributed by atoms with E-state index in [0.717, 1.165) is 12.8 Å². The van der Waals surface area contributed by atoms with Gasteiger partial charge in [0.05, 0.1) is 0 Å². The molecule has 0 saturated carbocycles. The number of hydrogen-bond donors (Lipinski definition) is 0. The molecular weight excluding hydrogens is 216 g/mol. The Labute approximate surface area is 108 Å². The Bertz CT molecular complexity index is 636. The molecule has 0 spiro atoms. The maximum Gasteiger partial charge on any atom is -0.00852 e. The summed E-state index contributed by atoms with van der Waals surface area (Å²) in [5, 5.41) is 0. The summed E-state index contributed by atoms with van der Waals surface area (Å²) in [4.78, 5) is 0. The highest BCUT2D eigenvalue weighted by molar-refractivity contribution is 5.86. The van der Waals surface area contributed by atoms with Gasteiger partial charge in [-0.05, 0) is 59.1 Å². The van der Waals surface area contributed by atoms with E-state index in [2.05, 4.69) is 48.6 Å². The Morgan fingerprint density at radius 3 is 2.83 bits per heavy atom. The molecule has 0 N–H and O–H groups in total. The van der Waals surface area contributed by atoms with E-state index in [9.17, 15) is 0 Å². The minimum atomic E-state index is 1.10. The van der Waals surface area contributed by atoms with Crippen LogP contribution in [0.2, 0.25) is 0 Å². The molecule has 4 rings (SSSR count). The molecule has 0 nitrogen and oxygen atoms in total. The van der Waals surface area contributed by atoms with Crippen LogP contribution < -0.4 is 0 Å². The fraction of sp³-hybridized carbons (Fsp3) is 0.222. The molecule has 0 radical (unpaired) electrons. The summed E-state index contributed by atoms with van der Waals surface area (Å²) in [6.07, 6.45) is 13.9. The van der Waals surface area contributed by atoms with Gasteiger partial charge in [-0.2, -0.15) is 0 Å².